The van der Waals surface area contributed by atoms with Crippen molar-refractivity contribution < 1.29 is 14.3 Å². The van der Waals surface area contributed by atoms with E-state index in [0.717, 1.165) is 18.6 Å². The van der Waals surface area contributed by atoms with Crippen molar-refractivity contribution in [1.29, 1.82) is 0 Å². The smallest absolute Gasteiger partial charge is 0.410 e. The van der Waals surface area contributed by atoms with E-state index in [4.69, 9.17) is 21.1 Å². The maximum absolute atomic E-state index is 12.3. The lowest BCUT2D eigenvalue weighted by atomic mass is 10.0. The summed E-state index contributed by atoms with van der Waals surface area (Å²) in [6.07, 6.45) is 2.91. The summed E-state index contributed by atoms with van der Waals surface area (Å²) in [5.41, 5.74) is 1.94. The Bertz CT molecular complexity index is 785. The molecule has 0 N–H and O–H groups in total. The number of carbonyl (C=O) groups is 1. The summed E-state index contributed by atoms with van der Waals surface area (Å²) >= 11 is 5.80. The zero-order chi connectivity index (χ0) is 18.7. The van der Waals surface area contributed by atoms with Crippen LogP contribution in [0.25, 0.3) is 0 Å². The lowest BCUT2D eigenvalue weighted by Crippen LogP contribution is -2.38. The number of amides is 1. The van der Waals surface area contributed by atoms with Gasteiger partial charge >= 0.3 is 6.09 Å². The summed E-state index contributed by atoms with van der Waals surface area (Å²) in [5.74, 6) is 1.39. The molecule has 0 saturated carbocycles. The van der Waals surface area contributed by atoms with Crippen LogP contribution in [-0.4, -0.2) is 34.7 Å². The molecule has 0 unspecified atom stereocenters. The number of aromatic nitrogens is 1. The average molecular weight is 375 g/mol. The number of ether oxygens (including phenoxy) is 2. The molecule has 2 aromatic rings. The van der Waals surface area contributed by atoms with E-state index in [1.165, 1.54) is 11.1 Å². The van der Waals surface area contributed by atoms with Gasteiger partial charge in [-0.05, 0) is 69.0 Å². The Morgan fingerprint density at radius 1 is 1.08 bits per heavy atom. The highest BCUT2D eigenvalue weighted by Crippen LogP contribution is 2.26. The van der Waals surface area contributed by atoms with E-state index in [-0.39, 0.29) is 6.09 Å². The molecule has 1 aliphatic rings. The minimum Gasteiger partial charge on any atom is -0.456 e. The summed E-state index contributed by atoms with van der Waals surface area (Å²) in [6.45, 7) is 6.93. The van der Waals surface area contributed by atoms with Crippen LogP contribution >= 0.6 is 11.6 Å². The maximum atomic E-state index is 12.3. The summed E-state index contributed by atoms with van der Waals surface area (Å²) in [7, 11) is 0. The number of rotatable bonds is 2. The van der Waals surface area contributed by atoms with Crippen molar-refractivity contribution in [1.82, 2.24) is 9.88 Å². The molecule has 2 heterocycles. The molecular formula is C20H23ClN2O3. The SMILES string of the molecule is CC(C)(C)OC(=O)N1CCc2ccc(Oc3ccc(Cl)nc3)cc2CC1. The number of halogens is 1. The fourth-order valence-electron chi connectivity index (χ4n) is 2.83. The summed E-state index contributed by atoms with van der Waals surface area (Å²) in [4.78, 5) is 18.1. The molecule has 5 nitrogen and oxygen atoms in total. The normalized spacial score (nSPS) is 14.4. The van der Waals surface area contributed by atoms with Crippen LogP contribution in [0.2, 0.25) is 5.15 Å². The molecule has 138 valence electrons. The van der Waals surface area contributed by atoms with Gasteiger partial charge in [0.05, 0.1) is 6.20 Å². The standard InChI is InChI=1S/C20H23ClN2O3/c1-20(2,3)26-19(24)23-10-8-14-4-5-16(12-15(14)9-11-23)25-17-6-7-18(21)22-13-17/h4-7,12-13H,8-11H2,1-3H3. The van der Waals surface area contributed by atoms with Crippen LogP contribution in [0.4, 0.5) is 4.79 Å². The second-order valence-corrected chi connectivity index (χ2v) is 7.70. The Balaban J connectivity index is 1.68. The average Bonchev–Trinajstić information content (AvgIpc) is 2.78. The van der Waals surface area contributed by atoms with Crippen molar-refractivity contribution in [2.75, 3.05) is 13.1 Å². The highest BCUT2D eigenvalue weighted by molar-refractivity contribution is 6.29. The van der Waals surface area contributed by atoms with Gasteiger partial charge in [0.25, 0.3) is 0 Å². The lowest BCUT2D eigenvalue weighted by molar-refractivity contribution is 0.0258. The number of pyridine rings is 1. The van der Waals surface area contributed by atoms with Gasteiger partial charge in [-0.25, -0.2) is 9.78 Å². The van der Waals surface area contributed by atoms with E-state index in [1.807, 2.05) is 32.9 Å². The third kappa shape index (κ3) is 4.88. The summed E-state index contributed by atoms with van der Waals surface area (Å²) < 4.78 is 11.3. The van der Waals surface area contributed by atoms with Crippen LogP contribution in [0.5, 0.6) is 11.5 Å². The Hall–Kier alpha value is -2.27. The Morgan fingerprint density at radius 3 is 2.42 bits per heavy atom. The van der Waals surface area contributed by atoms with Gasteiger partial charge in [0.15, 0.2) is 0 Å². The van der Waals surface area contributed by atoms with Crippen LogP contribution < -0.4 is 4.74 Å². The largest absolute Gasteiger partial charge is 0.456 e. The second-order valence-electron chi connectivity index (χ2n) is 7.32. The molecule has 0 atom stereocenters. The van der Waals surface area contributed by atoms with Gasteiger partial charge in [0, 0.05) is 13.1 Å². The number of hydrogen-bond donors (Lipinski definition) is 0. The van der Waals surface area contributed by atoms with Crippen molar-refractivity contribution in [3.05, 3.63) is 52.8 Å². The van der Waals surface area contributed by atoms with Crippen molar-refractivity contribution in [2.45, 2.75) is 39.2 Å². The number of hydrogen-bond acceptors (Lipinski definition) is 4. The van der Waals surface area contributed by atoms with E-state index in [2.05, 4.69) is 11.1 Å². The molecule has 0 spiro atoms. The molecule has 0 radical (unpaired) electrons. The van der Waals surface area contributed by atoms with Gasteiger partial charge in [0.2, 0.25) is 0 Å². The number of nitrogens with zero attached hydrogens (tertiary/aromatic N) is 2. The molecule has 6 heteroatoms. The molecule has 0 aliphatic carbocycles. The molecule has 1 aromatic carbocycles. The van der Waals surface area contributed by atoms with Gasteiger partial charge in [-0.1, -0.05) is 17.7 Å². The first-order chi connectivity index (χ1) is 12.3. The van der Waals surface area contributed by atoms with Crippen molar-refractivity contribution in [3.63, 3.8) is 0 Å². The molecule has 26 heavy (non-hydrogen) atoms. The lowest BCUT2D eigenvalue weighted by Gasteiger charge is -2.26. The van der Waals surface area contributed by atoms with E-state index in [1.54, 1.807) is 23.2 Å². The highest BCUT2D eigenvalue weighted by atomic mass is 35.5. The van der Waals surface area contributed by atoms with E-state index < -0.39 is 5.60 Å². The fourth-order valence-corrected chi connectivity index (χ4v) is 2.94. The van der Waals surface area contributed by atoms with E-state index in [0.29, 0.717) is 24.0 Å². The van der Waals surface area contributed by atoms with Gasteiger partial charge in [-0.3, -0.25) is 0 Å². The molecule has 0 fully saturated rings. The maximum Gasteiger partial charge on any atom is 0.410 e. The second kappa shape index (κ2) is 7.54. The van der Waals surface area contributed by atoms with E-state index in [9.17, 15) is 4.79 Å². The minimum absolute atomic E-state index is 0.256. The minimum atomic E-state index is -0.482. The van der Waals surface area contributed by atoms with Crippen LogP contribution in [0.15, 0.2) is 36.5 Å². The van der Waals surface area contributed by atoms with Crippen molar-refractivity contribution in [3.8, 4) is 11.5 Å². The molecule has 0 bridgehead atoms. The quantitative estimate of drug-likeness (QED) is 0.704. The zero-order valence-corrected chi connectivity index (χ0v) is 16.0. The molecule has 1 aromatic heterocycles. The molecule has 3 rings (SSSR count). The van der Waals surface area contributed by atoms with Gasteiger partial charge in [-0.15, -0.1) is 0 Å². The van der Waals surface area contributed by atoms with Crippen molar-refractivity contribution in [2.24, 2.45) is 0 Å². The van der Waals surface area contributed by atoms with Gasteiger partial charge in [0.1, 0.15) is 22.3 Å². The third-order valence-corrected chi connectivity index (χ3v) is 4.29. The topological polar surface area (TPSA) is 51.7 Å². The predicted octanol–water partition coefficient (Wildman–Crippen LogP) is 4.86. The molecule has 1 aliphatic heterocycles. The monoisotopic (exact) mass is 374 g/mol. The summed E-state index contributed by atoms with van der Waals surface area (Å²) in [5, 5.41) is 0.432. The fraction of sp³-hybridized carbons (Fsp3) is 0.400. The summed E-state index contributed by atoms with van der Waals surface area (Å²) in [6, 6.07) is 9.51. The molecule has 0 saturated heterocycles. The molecule has 1 amide bonds. The Labute approximate surface area is 158 Å². The van der Waals surface area contributed by atoms with Crippen LogP contribution in [0.1, 0.15) is 31.9 Å². The number of benzene rings is 1. The van der Waals surface area contributed by atoms with E-state index >= 15 is 0 Å². The Morgan fingerprint density at radius 2 is 1.77 bits per heavy atom. The third-order valence-electron chi connectivity index (χ3n) is 4.07. The molecular weight excluding hydrogens is 352 g/mol. The van der Waals surface area contributed by atoms with Gasteiger partial charge in [-0.2, -0.15) is 0 Å². The zero-order valence-electron chi connectivity index (χ0n) is 15.3. The first-order valence-corrected chi connectivity index (χ1v) is 9.07. The van der Waals surface area contributed by atoms with Crippen LogP contribution in [-0.2, 0) is 17.6 Å². The van der Waals surface area contributed by atoms with Crippen LogP contribution in [0, 0.1) is 0 Å². The van der Waals surface area contributed by atoms with Gasteiger partial charge < -0.3 is 14.4 Å². The van der Waals surface area contributed by atoms with Crippen LogP contribution in [0.3, 0.4) is 0 Å². The van der Waals surface area contributed by atoms with Crippen molar-refractivity contribution >= 4 is 17.7 Å². The number of carbonyl (C=O) groups excluding carboxylic acids is 1. The highest BCUT2D eigenvalue weighted by Gasteiger charge is 2.24. The number of fused-ring (bicyclic) bond motifs is 1. The Kier molecular flexibility index (Phi) is 5.37. The first-order valence-electron chi connectivity index (χ1n) is 8.69. The predicted molar refractivity (Wildman–Crippen MR) is 101 cm³/mol. The first kappa shape index (κ1) is 18.5.